The highest BCUT2D eigenvalue weighted by Gasteiger charge is 2.37. The highest BCUT2D eigenvalue weighted by molar-refractivity contribution is 4.92. The zero-order valence-corrected chi connectivity index (χ0v) is 13.5. The minimum atomic E-state index is 0.539. The maximum Gasteiger partial charge on any atom is 0.00673 e. The molecule has 2 nitrogen and oxygen atoms in total. The molecule has 0 radical (unpaired) electrons. The molecule has 0 aromatic rings. The first-order valence-corrected chi connectivity index (χ1v) is 8.43. The molecule has 1 saturated heterocycles. The van der Waals surface area contributed by atoms with Gasteiger partial charge in [0.25, 0.3) is 0 Å². The molecule has 0 aromatic carbocycles. The van der Waals surface area contributed by atoms with Crippen LogP contribution in [0, 0.1) is 17.3 Å². The van der Waals surface area contributed by atoms with Gasteiger partial charge in [-0.3, -0.25) is 4.90 Å². The fourth-order valence-electron chi connectivity index (χ4n) is 4.53. The summed E-state index contributed by atoms with van der Waals surface area (Å²) < 4.78 is 0. The van der Waals surface area contributed by atoms with Crippen molar-refractivity contribution < 1.29 is 0 Å². The van der Waals surface area contributed by atoms with Crippen LogP contribution in [-0.4, -0.2) is 37.6 Å². The van der Waals surface area contributed by atoms with Gasteiger partial charge in [0, 0.05) is 25.7 Å². The van der Waals surface area contributed by atoms with Crippen LogP contribution in [0.15, 0.2) is 0 Å². The molecule has 4 atom stereocenters. The normalized spacial score (nSPS) is 41.4. The number of likely N-dealkylation sites (tertiary alicyclic amines) is 1. The summed E-state index contributed by atoms with van der Waals surface area (Å²) in [5.74, 6) is 1.81. The number of hydrogen-bond donors (Lipinski definition) is 1. The van der Waals surface area contributed by atoms with Crippen molar-refractivity contribution >= 4 is 0 Å². The molecule has 4 unspecified atom stereocenters. The second-order valence-electron chi connectivity index (χ2n) is 7.69. The smallest absolute Gasteiger partial charge is 0.00673 e. The van der Waals surface area contributed by atoms with E-state index in [1.165, 1.54) is 58.2 Å². The van der Waals surface area contributed by atoms with Crippen molar-refractivity contribution in [1.82, 2.24) is 10.2 Å². The third kappa shape index (κ3) is 3.95. The molecule has 112 valence electrons. The van der Waals surface area contributed by atoms with Crippen LogP contribution in [0.4, 0.5) is 0 Å². The Labute approximate surface area is 120 Å². The van der Waals surface area contributed by atoms with E-state index in [1.54, 1.807) is 0 Å². The van der Waals surface area contributed by atoms with Gasteiger partial charge >= 0.3 is 0 Å². The Morgan fingerprint density at radius 2 is 1.89 bits per heavy atom. The molecule has 19 heavy (non-hydrogen) atoms. The van der Waals surface area contributed by atoms with Crippen LogP contribution >= 0.6 is 0 Å². The molecule has 0 aromatic heterocycles. The van der Waals surface area contributed by atoms with Gasteiger partial charge in [0.15, 0.2) is 0 Å². The van der Waals surface area contributed by atoms with E-state index in [0.29, 0.717) is 5.41 Å². The maximum absolute atomic E-state index is 3.49. The summed E-state index contributed by atoms with van der Waals surface area (Å²) in [6.07, 6.45) is 8.54. The average Bonchev–Trinajstić information content (AvgIpc) is 2.34. The van der Waals surface area contributed by atoms with E-state index in [4.69, 9.17) is 0 Å². The van der Waals surface area contributed by atoms with Gasteiger partial charge in [-0.2, -0.15) is 0 Å². The molecular formula is C17H34N2. The maximum atomic E-state index is 3.49. The third-order valence-electron chi connectivity index (χ3n) is 5.52. The minimum absolute atomic E-state index is 0.539. The molecule has 2 aliphatic rings. The van der Waals surface area contributed by atoms with Crippen molar-refractivity contribution in [2.75, 3.05) is 26.7 Å². The lowest BCUT2D eigenvalue weighted by Gasteiger charge is -2.47. The van der Waals surface area contributed by atoms with Crippen LogP contribution in [-0.2, 0) is 0 Å². The van der Waals surface area contributed by atoms with Gasteiger partial charge in [0.1, 0.15) is 0 Å². The monoisotopic (exact) mass is 266 g/mol. The van der Waals surface area contributed by atoms with Crippen LogP contribution in [0.3, 0.4) is 0 Å². The molecule has 2 rings (SSSR count). The van der Waals surface area contributed by atoms with E-state index in [-0.39, 0.29) is 0 Å². The Bertz CT molecular complexity index is 274. The van der Waals surface area contributed by atoms with Crippen LogP contribution in [0.25, 0.3) is 0 Å². The van der Waals surface area contributed by atoms with Gasteiger partial charge in [-0.05, 0) is 56.9 Å². The summed E-state index contributed by atoms with van der Waals surface area (Å²) in [4.78, 5) is 2.80. The molecule has 0 amide bonds. The summed E-state index contributed by atoms with van der Waals surface area (Å²) in [5.41, 5.74) is 0.539. The van der Waals surface area contributed by atoms with Crippen LogP contribution in [0.2, 0.25) is 0 Å². The van der Waals surface area contributed by atoms with E-state index in [2.05, 4.69) is 38.0 Å². The molecule has 0 spiro atoms. The van der Waals surface area contributed by atoms with E-state index >= 15 is 0 Å². The van der Waals surface area contributed by atoms with E-state index < -0.39 is 0 Å². The number of nitrogens with zero attached hydrogens (tertiary/aromatic N) is 1. The SMILES string of the molecule is CNCC1(CN2CC(C)CCC2C)CCCC(C)C1. The third-order valence-corrected chi connectivity index (χ3v) is 5.52. The predicted octanol–water partition coefficient (Wildman–Crippen LogP) is 3.52. The van der Waals surface area contributed by atoms with Gasteiger partial charge in [0.2, 0.25) is 0 Å². The van der Waals surface area contributed by atoms with Crippen molar-refractivity contribution in [2.24, 2.45) is 17.3 Å². The van der Waals surface area contributed by atoms with Gasteiger partial charge < -0.3 is 5.32 Å². The number of hydrogen-bond acceptors (Lipinski definition) is 2. The highest BCUT2D eigenvalue weighted by atomic mass is 15.2. The number of nitrogens with one attached hydrogen (secondary N) is 1. The minimum Gasteiger partial charge on any atom is -0.319 e. The summed E-state index contributed by atoms with van der Waals surface area (Å²) in [6.45, 7) is 11.2. The molecule has 1 saturated carbocycles. The lowest BCUT2D eigenvalue weighted by molar-refractivity contribution is 0.0342. The van der Waals surface area contributed by atoms with E-state index in [9.17, 15) is 0 Å². The van der Waals surface area contributed by atoms with E-state index in [0.717, 1.165) is 17.9 Å². The summed E-state index contributed by atoms with van der Waals surface area (Å²) in [5, 5.41) is 3.49. The zero-order valence-electron chi connectivity index (χ0n) is 13.5. The van der Waals surface area contributed by atoms with Gasteiger partial charge in [0.05, 0.1) is 0 Å². The first-order valence-electron chi connectivity index (χ1n) is 8.43. The lowest BCUT2D eigenvalue weighted by atomic mass is 9.69. The molecule has 1 aliphatic heterocycles. The van der Waals surface area contributed by atoms with Crippen LogP contribution in [0.1, 0.15) is 59.3 Å². The standard InChI is InChI=1S/C17H34N2/c1-14-6-5-9-17(10-14,12-18-4)13-19-11-15(2)7-8-16(19)3/h14-16,18H,5-13H2,1-4H3. The molecular weight excluding hydrogens is 232 g/mol. The second kappa shape index (κ2) is 6.58. The number of rotatable bonds is 4. The lowest BCUT2D eigenvalue weighted by Crippen LogP contribution is -2.51. The van der Waals surface area contributed by atoms with Gasteiger partial charge in [-0.1, -0.05) is 26.7 Å². The van der Waals surface area contributed by atoms with Crippen LogP contribution in [0.5, 0.6) is 0 Å². The van der Waals surface area contributed by atoms with Crippen molar-refractivity contribution in [3.63, 3.8) is 0 Å². The Morgan fingerprint density at radius 3 is 2.58 bits per heavy atom. The first-order chi connectivity index (χ1) is 9.04. The van der Waals surface area contributed by atoms with E-state index in [1.807, 2.05) is 0 Å². The predicted molar refractivity (Wildman–Crippen MR) is 83.4 cm³/mol. The molecule has 1 heterocycles. The quantitative estimate of drug-likeness (QED) is 0.837. The largest absolute Gasteiger partial charge is 0.319 e. The van der Waals surface area contributed by atoms with Crippen molar-refractivity contribution in [3.8, 4) is 0 Å². The molecule has 2 heteroatoms. The van der Waals surface area contributed by atoms with Gasteiger partial charge in [-0.15, -0.1) is 0 Å². The first kappa shape index (κ1) is 15.3. The van der Waals surface area contributed by atoms with Gasteiger partial charge in [-0.25, -0.2) is 0 Å². The molecule has 1 aliphatic carbocycles. The fourth-order valence-corrected chi connectivity index (χ4v) is 4.53. The molecule has 0 bridgehead atoms. The van der Waals surface area contributed by atoms with Crippen molar-refractivity contribution in [1.29, 1.82) is 0 Å². The van der Waals surface area contributed by atoms with Crippen molar-refractivity contribution in [3.05, 3.63) is 0 Å². The van der Waals surface area contributed by atoms with Crippen LogP contribution < -0.4 is 5.32 Å². The molecule has 1 N–H and O–H groups in total. The topological polar surface area (TPSA) is 15.3 Å². The average molecular weight is 266 g/mol. The Kier molecular flexibility index (Phi) is 5.30. The number of piperidine rings is 1. The zero-order chi connectivity index (χ0) is 13.9. The molecule has 2 fully saturated rings. The Morgan fingerprint density at radius 1 is 1.11 bits per heavy atom. The second-order valence-corrected chi connectivity index (χ2v) is 7.69. The summed E-state index contributed by atoms with van der Waals surface area (Å²) in [6, 6.07) is 0.794. The Balaban J connectivity index is 2.02. The van der Waals surface area contributed by atoms with Crippen molar-refractivity contribution in [2.45, 2.75) is 65.3 Å². The summed E-state index contributed by atoms with van der Waals surface area (Å²) in [7, 11) is 2.13. The highest BCUT2D eigenvalue weighted by Crippen LogP contribution is 2.40. The summed E-state index contributed by atoms with van der Waals surface area (Å²) >= 11 is 0. The fraction of sp³-hybridized carbons (Fsp3) is 1.00. The Hall–Kier alpha value is -0.0800.